The number of nitrogens with one attached hydrogen (secondary N) is 2. The number of thiol groups is 1. The summed E-state index contributed by atoms with van der Waals surface area (Å²) in [5.74, 6) is -1.77. The maximum Gasteiger partial charge on any atom is 0.256 e. The smallest absolute Gasteiger partial charge is 0.256 e. The maximum atomic E-state index is 12.7. The van der Waals surface area contributed by atoms with Crippen LogP contribution in [-0.2, 0) is 20.8 Å². The van der Waals surface area contributed by atoms with Gasteiger partial charge >= 0.3 is 0 Å². The first kappa shape index (κ1) is 22.0. The van der Waals surface area contributed by atoms with Gasteiger partial charge in [0, 0.05) is 13.5 Å². The molecule has 1 aromatic rings. The van der Waals surface area contributed by atoms with Crippen molar-refractivity contribution in [1.82, 2.24) is 15.7 Å². The van der Waals surface area contributed by atoms with Crippen molar-refractivity contribution in [2.45, 2.75) is 38.8 Å². The van der Waals surface area contributed by atoms with E-state index in [1.165, 1.54) is 7.05 Å². The SMILES string of the molecule is CNC(=O)[C@H](Cc1ccccc1)NC(=O)[C@H](CC(C)C)N(O)C(=O)CS. The number of hydrogen-bond acceptors (Lipinski definition) is 5. The molecule has 0 heterocycles. The number of benzene rings is 1. The number of rotatable bonds is 9. The molecule has 2 atom stereocenters. The average Bonchev–Trinajstić information content (AvgIpc) is 2.64. The van der Waals surface area contributed by atoms with Crippen molar-refractivity contribution < 1.29 is 19.6 Å². The van der Waals surface area contributed by atoms with Gasteiger partial charge in [-0.05, 0) is 17.9 Å². The van der Waals surface area contributed by atoms with Gasteiger partial charge in [-0.1, -0.05) is 44.2 Å². The molecular weight excluding hydrogens is 354 g/mol. The van der Waals surface area contributed by atoms with Crippen molar-refractivity contribution in [2.75, 3.05) is 12.8 Å². The molecule has 8 heteroatoms. The van der Waals surface area contributed by atoms with Crippen LogP contribution in [0.5, 0.6) is 0 Å². The van der Waals surface area contributed by atoms with Crippen LogP contribution < -0.4 is 10.6 Å². The molecule has 0 fully saturated rings. The first-order valence-electron chi connectivity index (χ1n) is 8.47. The molecule has 0 aliphatic rings. The van der Waals surface area contributed by atoms with E-state index < -0.39 is 23.9 Å². The maximum absolute atomic E-state index is 12.7. The van der Waals surface area contributed by atoms with Crippen LogP contribution in [0.3, 0.4) is 0 Å². The van der Waals surface area contributed by atoms with E-state index in [9.17, 15) is 19.6 Å². The highest BCUT2D eigenvalue weighted by Crippen LogP contribution is 2.12. The molecule has 7 nitrogen and oxygen atoms in total. The highest BCUT2D eigenvalue weighted by atomic mass is 32.1. The summed E-state index contributed by atoms with van der Waals surface area (Å²) >= 11 is 3.85. The fourth-order valence-electron chi connectivity index (χ4n) is 2.51. The summed E-state index contributed by atoms with van der Waals surface area (Å²) < 4.78 is 0. The van der Waals surface area contributed by atoms with E-state index in [4.69, 9.17) is 0 Å². The number of nitrogens with zero attached hydrogens (tertiary/aromatic N) is 1. The highest BCUT2D eigenvalue weighted by molar-refractivity contribution is 7.81. The van der Waals surface area contributed by atoms with Crippen molar-refractivity contribution in [1.29, 1.82) is 0 Å². The zero-order valence-corrected chi connectivity index (χ0v) is 16.2. The second-order valence-corrected chi connectivity index (χ2v) is 6.72. The third kappa shape index (κ3) is 6.68. The molecule has 0 saturated carbocycles. The Morgan fingerprint density at radius 1 is 1.15 bits per heavy atom. The Morgan fingerprint density at radius 3 is 2.27 bits per heavy atom. The molecule has 144 valence electrons. The summed E-state index contributed by atoms with van der Waals surface area (Å²) in [6.07, 6.45) is 0.556. The van der Waals surface area contributed by atoms with Crippen LogP contribution in [0.2, 0.25) is 0 Å². The van der Waals surface area contributed by atoms with Crippen molar-refractivity contribution in [3.63, 3.8) is 0 Å². The molecule has 0 aromatic heterocycles. The lowest BCUT2D eigenvalue weighted by atomic mass is 10.0. The van der Waals surface area contributed by atoms with Gasteiger partial charge in [0.15, 0.2) is 0 Å². The fraction of sp³-hybridized carbons (Fsp3) is 0.500. The van der Waals surface area contributed by atoms with Gasteiger partial charge in [-0.25, -0.2) is 5.06 Å². The summed E-state index contributed by atoms with van der Waals surface area (Å²) in [5, 5.41) is 15.7. The molecule has 0 aliphatic heterocycles. The van der Waals surface area contributed by atoms with Gasteiger partial charge in [0.2, 0.25) is 11.8 Å². The van der Waals surface area contributed by atoms with E-state index in [-0.39, 0.29) is 24.0 Å². The monoisotopic (exact) mass is 381 g/mol. The molecular formula is C18H27N3O4S. The average molecular weight is 381 g/mol. The lowest BCUT2D eigenvalue weighted by molar-refractivity contribution is -0.178. The number of carbonyl (C=O) groups is 3. The van der Waals surface area contributed by atoms with E-state index in [1.54, 1.807) is 0 Å². The predicted molar refractivity (Wildman–Crippen MR) is 102 cm³/mol. The summed E-state index contributed by atoms with van der Waals surface area (Å²) in [6.45, 7) is 3.75. The molecule has 3 N–H and O–H groups in total. The quantitative estimate of drug-likeness (QED) is 0.292. The molecule has 0 aliphatic carbocycles. The molecule has 3 amide bonds. The first-order chi connectivity index (χ1) is 12.3. The van der Waals surface area contributed by atoms with Gasteiger partial charge in [-0.15, -0.1) is 0 Å². The molecule has 0 radical (unpaired) electrons. The Labute approximate surface area is 159 Å². The molecule has 0 unspecified atom stereocenters. The van der Waals surface area contributed by atoms with Crippen LogP contribution in [0.1, 0.15) is 25.8 Å². The highest BCUT2D eigenvalue weighted by Gasteiger charge is 2.32. The number of likely N-dealkylation sites (N-methyl/N-ethyl adjacent to an activating group) is 1. The van der Waals surface area contributed by atoms with Crippen molar-refractivity contribution >= 4 is 30.4 Å². The van der Waals surface area contributed by atoms with E-state index >= 15 is 0 Å². The van der Waals surface area contributed by atoms with Gasteiger partial charge in [0.05, 0.1) is 5.75 Å². The van der Waals surface area contributed by atoms with Crippen molar-refractivity contribution in [3.05, 3.63) is 35.9 Å². The number of hydrogen-bond donors (Lipinski definition) is 4. The normalized spacial score (nSPS) is 13.0. The first-order valence-corrected chi connectivity index (χ1v) is 9.11. The van der Waals surface area contributed by atoms with E-state index in [1.807, 2.05) is 44.2 Å². The second-order valence-electron chi connectivity index (χ2n) is 6.41. The Morgan fingerprint density at radius 2 is 1.77 bits per heavy atom. The third-order valence-corrected chi connectivity index (χ3v) is 4.12. The minimum atomic E-state index is -1.09. The van der Waals surface area contributed by atoms with Crippen LogP contribution in [-0.4, -0.2) is 52.9 Å². The second kappa shape index (κ2) is 10.8. The standard InChI is InChI=1S/C18H27N3O4S/c1-12(2)9-15(21(25)16(22)11-26)18(24)20-14(17(23)19-3)10-13-7-5-4-6-8-13/h4-8,12,14-15,25-26H,9-11H2,1-3H3,(H,19,23)(H,20,24)/t14-,15-/m0/s1. The summed E-state index contributed by atoms with van der Waals surface area (Å²) in [7, 11) is 1.49. The molecule has 0 saturated heterocycles. The lowest BCUT2D eigenvalue weighted by Crippen LogP contribution is -2.55. The lowest BCUT2D eigenvalue weighted by Gasteiger charge is -2.28. The zero-order valence-electron chi connectivity index (χ0n) is 15.3. The van der Waals surface area contributed by atoms with Crippen LogP contribution in [0.25, 0.3) is 0 Å². The fourth-order valence-corrected chi connectivity index (χ4v) is 2.66. The Kier molecular flexibility index (Phi) is 9.15. The van der Waals surface area contributed by atoms with Crippen LogP contribution >= 0.6 is 12.6 Å². The summed E-state index contributed by atoms with van der Waals surface area (Å²) in [6, 6.07) is 7.37. The molecule has 1 rings (SSSR count). The van der Waals surface area contributed by atoms with Crippen molar-refractivity contribution in [3.8, 4) is 0 Å². The Balaban J connectivity index is 2.95. The molecule has 0 bridgehead atoms. The third-order valence-electron chi connectivity index (χ3n) is 3.85. The minimum absolute atomic E-state index is 0.0562. The summed E-state index contributed by atoms with van der Waals surface area (Å²) in [4.78, 5) is 36.6. The van der Waals surface area contributed by atoms with Crippen molar-refractivity contribution in [2.24, 2.45) is 5.92 Å². The Hall–Kier alpha value is -2.06. The zero-order chi connectivity index (χ0) is 19.7. The van der Waals surface area contributed by atoms with Gasteiger partial charge in [0.25, 0.3) is 5.91 Å². The summed E-state index contributed by atoms with van der Waals surface area (Å²) in [5.41, 5.74) is 0.883. The topological polar surface area (TPSA) is 98.7 Å². The van der Waals surface area contributed by atoms with Crippen LogP contribution in [0.4, 0.5) is 0 Å². The number of hydroxylamine groups is 2. The number of amides is 3. The van der Waals surface area contributed by atoms with Crippen LogP contribution in [0.15, 0.2) is 30.3 Å². The van der Waals surface area contributed by atoms with Gasteiger partial charge < -0.3 is 10.6 Å². The predicted octanol–water partition coefficient (Wildman–Crippen LogP) is 1.02. The number of carbonyl (C=O) groups excluding carboxylic acids is 3. The van der Waals surface area contributed by atoms with E-state index in [0.717, 1.165) is 5.56 Å². The largest absolute Gasteiger partial charge is 0.357 e. The molecule has 1 aromatic carbocycles. The molecule has 0 spiro atoms. The van der Waals surface area contributed by atoms with Gasteiger partial charge in [-0.2, -0.15) is 12.6 Å². The minimum Gasteiger partial charge on any atom is -0.357 e. The van der Waals surface area contributed by atoms with Gasteiger partial charge in [-0.3, -0.25) is 19.6 Å². The van der Waals surface area contributed by atoms with E-state index in [0.29, 0.717) is 11.5 Å². The van der Waals surface area contributed by atoms with Gasteiger partial charge in [0.1, 0.15) is 12.1 Å². The van der Waals surface area contributed by atoms with Crippen LogP contribution in [0, 0.1) is 5.92 Å². The Bertz CT molecular complexity index is 610. The van der Waals surface area contributed by atoms with E-state index in [2.05, 4.69) is 23.3 Å². The molecule has 26 heavy (non-hydrogen) atoms.